The number of fused-ring (bicyclic) bond motifs is 2. The monoisotopic (exact) mass is 320 g/mol. The first-order valence-electron chi connectivity index (χ1n) is 8.52. The Kier molecular flexibility index (Phi) is 3.23. The summed E-state index contributed by atoms with van der Waals surface area (Å²) in [5.74, 6) is 2.48. The van der Waals surface area contributed by atoms with Crippen LogP contribution in [-0.4, -0.2) is 51.2 Å². The molecule has 24 heavy (non-hydrogen) atoms. The van der Waals surface area contributed by atoms with Gasteiger partial charge in [-0.25, -0.2) is 9.97 Å². The Morgan fingerprint density at radius 1 is 1.00 bits per heavy atom. The van der Waals surface area contributed by atoms with Gasteiger partial charge in [0.15, 0.2) is 5.65 Å². The molecule has 5 rings (SSSR count). The highest BCUT2D eigenvalue weighted by Gasteiger charge is 2.40. The van der Waals surface area contributed by atoms with Crippen molar-refractivity contribution in [2.24, 2.45) is 11.8 Å². The highest BCUT2D eigenvalue weighted by molar-refractivity contribution is 5.86. The van der Waals surface area contributed by atoms with Crippen molar-refractivity contribution in [2.45, 2.75) is 6.54 Å². The van der Waals surface area contributed by atoms with E-state index in [-0.39, 0.29) is 0 Å². The van der Waals surface area contributed by atoms with Gasteiger partial charge in [-0.15, -0.1) is 0 Å². The summed E-state index contributed by atoms with van der Waals surface area (Å²) < 4.78 is 0. The minimum absolute atomic E-state index is 0.727. The molecule has 0 spiro atoms. The number of hydrogen-bond donors (Lipinski definition) is 1. The number of aromatic nitrogens is 4. The Morgan fingerprint density at radius 2 is 1.79 bits per heavy atom. The standard InChI is InChI=1S/C18H20N6/c1-2-4-13(5-3-1)7-23-8-14-10-24(11-15(14)9-23)18-16-6-21-22-17(16)19-12-20-18/h1-6,12,14-15H,7-11H2,(H,19,20,21,22). The van der Waals surface area contributed by atoms with E-state index in [2.05, 4.69) is 60.3 Å². The van der Waals surface area contributed by atoms with Crippen molar-refractivity contribution in [2.75, 3.05) is 31.1 Å². The molecule has 4 heterocycles. The first kappa shape index (κ1) is 13.9. The van der Waals surface area contributed by atoms with Crippen LogP contribution in [-0.2, 0) is 6.54 Å². The number of hydrogen-bond acceptors (Lipinski definition) is 5. The van der Waals surface area contributed by atoms with Gasteiger partial charge in [0.05, 0.1) is 11.6 Å². The van der Waals surface area contributed by atoms with Gasteiger partial charge in [-0.2, -0.15) is 5.10 Å². The molecule has 2 fully saturated rings. The third-order valence-corrected chi connectivity index (χ3v) is 5.34. The Hall–Kier alpha value is -2.47. The summed E-state index contributed by atoms with van der Waals surface area (Å²) >= 11 is 0. The molecular formula is C18H20N6. The Labute approximate surface area is 140 Å². The lowest BCUT2D eigenvalue weighted by atomic mass is 10.0. The Bertz CT molecular complexity index is 831. The molecule has 0 saturated carbocycles. The second kappa shape index (κ2) is 5.56. The third-order valence-electron chi connectivity index (χ3n) is 5.34. The van der Waals surface area contributed by atoms with Crippen molar-refractivity contribution in [3.05, 3.63) is 48.4 Å². The van der Waals surface area contributed by atoms with Crippen LogP contribution in [0.1, 0.15) is 5.56 Å². The molecule has 0 radical (unpaired) electrons. The summed E-state index contributed by atoms with van der Waals surface area (Å²) in [5, 5.41) is 8.06. The predicted octanol–water partition coefficient (Wildman–Crippen LogP) is 1.92. The molecule has 6 heteroatoms. The molecule has 2 aliphatic heterocycles. The number of H-pyrrole nitrogens is 1. The zero-order valence-electron chi connectivity index (χ0n) is 13.5. The summed E-state index contributed by atoms with van der Waals surface area (Å²) in [4.78, 5) is 13.8. The van der Waals surface area contributed by atoms with Crippen LogP contribution in [0.5, 0.6) is 0 Å². The van der Waals surface area contributed by atoms with E-state index in [4.69, 9.17) is 0 Å². The van der Waals surface area contributed by atoms with Crippen LogP contribution in [0, 0.1) is 11.8 Å². The van der Waals surface area contributed by atoms with E-state index < -0.39 is 0 Å². The molecule has 2 aromatic heterocycles. The number of anilines is 1. The number of rotatable bonds is 3. The van der Waals surface area contributed by atoms with E-state index in [1.807, 2.05) is 6.20 Å². The molecule has 1 N–H and O–H groups in total. The van der Waals surface area contributed by atoms with Gasteiger partial charge in [0, 0.05) is 32.7 Å². The first-order valence-corrected chi connectivity index (χ1v) is 8.52. The van der Waals surface area contributed by atoms with Crippen molar-refractivity contribution in [1.82, 2.24) is 25.1 Å². The molecule has 0 bridgehead atoms. The van der Waals surface area contributed by atoms with Crippen LogP contribution in [0.3, 0.4) is 0 Å². The lowest BCUT2D eigenvalue weighted by Gasteiger charge is -2.22. The van der Waals surface area contributed by atoms with E-state index in [0.717, 1.165) is 48.3 Å². The van der Waals surface area contributed by atoms with Crippen LogP contribution in [0.15, 0.2) is 42.9 Å². The van der Waals surface area contributed by atoms with E-state index in [1.54, 1.807) is 6.33 Å². The lowest BCUT2D eigenvalue weighted by Crippen LogP contribution is -2.29. The summed E-state index contributed by atoms with van der Waals surface area (Å²) in [5.41, 5.74) is 2.23. The fourth-order valence-corrected chi connectivity index (χ4v) is 4.24. The number of aromatic amines is 1. The predicted molar refractivity (Wildman–Crippen MR) is 92.6 cm³/mol. The van der Waals surface area contributed by atoms with Gasteiger partial charge in [0.1, 0.15) is 12.1 Å². The molecule has 0 aliphatic carbocycles. The fourth-order valence-electron chi connectivity index (χ4n) is 4.24. The van der Waals surface area contributed by atoms with Gasteiger partial charge in [0.25, 0.3) is 0 Å². The zero-order valence-corrected chi connectivity index (χ0v) is 13.5. The quantitative estimate of drug-likeness (QED) is 0.799. The normalized spacial score (nSPS) is 23.9. The SMILES string of the molecule is c1ccc(CN2CC3CN(c4ncnc5[nH]ncc45)CC3C2)cc1. The first-order chi connectivity index (χ1) is 11.9. The van der Waals surface area contributed by atoms with Gasteiger partial charge in [0.2, 0.25) is 0 Å². The van der Waals surface area contributed by atoms with E-state index in [1.165, 1.54) is 18.7 Å². The molecule has 6 nitrogen and oxygen atoms in total. The molecule has 1 aromatic carbocycles. The van der Waals surface area contributed by atoms with Crippen LogP contribution in [0.4, 0.5) is 5.82 Å². The van der Waals surface area contributed by atoms with Gasteiger partial charge >= 0.3 is 0 Å². The Morgan fingerprint density at radius 3 is 2.58 bits per heavy atom. The fraction of sp³-hybridized carbons (Fsp3) is 0.389. The number of likely N-dealkylation sites (tertiary alicyclic amines) is 1. The van der Waals surface area contributed by atoms with Crippen LogP contribution >= 0.6 is 0 Å². The van der Waals surface area contributed by atoms with Crippen molar-refractivity contribution in [1.29, 1.82) is 0 Å². The van der Waals surface area contributed by atoms with Crippen LogP contribution in [0.2, 0.25) is 0 Å². The second-order valence-electron chi connectivity index (χ2n) is 6.93. The summed E-state index contributed by atoms with van der Waals surface area (Å²) in [7, 11) is 0. The van der Waals surface area contributed by atoms with E-state index in [9.17, 15) is 0 Å². The number of nitrogens with one attached hydrogen (secondary N) is 1. The minimum atomic E-state index is 0.727. The maximum atomic E-state index is 4.52. The molecule has 2 aliphatic rings. The molecular weight excluding hydrogens is 300 g/mol. The largest absolute Gasteiger partial charge is 0.355 e. The smallest absolute Gasteiger partial charge is 0.160 e. The van der Waals surface area contributed by atoms with E-state index >= 15 is 0 Å². The van der Waals surface area contributed by atoms with E-state index in [0.29, 0.717) is 0 Å². The highest BCUT2D eigenvalue weighted by Crippen LogP contribution is 2.35. The minimum Gasteiger partial charge on any atom is -0.355 e. The molecule has 2 atom stereocenters. The lowest BCUT2D eigenvalue weighted by molar-refractivity contribution is 0.309. The average Bonchev–Trinajstić information content (AvgIpc) is 3.29. The van der Waals surface area contributed by atoms with Crippen molar-refractivity contribution >= 4 is 16.9 Å². The van der Waals surface area contributed by atoms with Crippen LogP contribution < -0.4 is 4.90 Å². The molecule has 2 saturated heterocycles. The number of benzene rings is 1. The summed E-state index contributed by atoms with van der Waals surface area (Å²) in [6.07, 6.45) is 3.46. The summed E-state index contributed by atoms with van der Waals surface area (Å²) in [6, 6.07) is 10.8. The van der Waals surface area contributed by atoms with Crippen molar-refractivity contribution in [3.8, 4) is 0 Å². The van der Waals surface area contributed by atoms with Gasteiger partial charge in [-0.05, 0) is 17.4 Å². The van der Waals surface area contributed by atoms with Gasteiger partial charge in [-0.1, -0.05) is 30.3 Å². The summed E-state index contributed by atoms with van der Waals surface area (Å²) in [6.45, 7) is 5.57. The van der Waals surface area contributed by atoms with Gasteiger partial charge < -0.3 is 4.90 Å². The van der Waals surface area contributed by atoms with Gasteiger partial charge in [-0.3, -0.25) is 10.00 Å². The highest BCUT2D eigenvalue weighted by atomic mass is 15.3. The van der Waals surface area contributed by atoms with Crippen molar-refractivity contribution < 1.29 is 0 Å². The van der Waals surface area contributed by atoms with Crippen molar-refractivity contribution in [3.63, 3.8) is 0 Å². The topological polar surface area (TPSA) is 60.9 Å². The zero-order chi connectivity index (χ0) is 15.9. The molecule has 3 aromatic rings. The third kappa shape index (κ3) is 2.34. The average molecular weight is 320 g/mol. The number of nitrogens with zero attached hydrogens (tertiary/aromatic N) is 5. The Balaban J connectivity index is 1.29. The van der Waals surface area contributed by atoms with Crippen LogP contribution in [0.25, 0.3) is 11.0 Å². The molecule has 0 amide bonds. The second-order valence-corrected chi connectivity index (χ2v) is 6.93. The molecule has 2 unspecified atom stereocenters. The maximum absolute atomic E-state index is 4.52. The maximum Gasteiger partial charge on any atom is 0.160 e. The molecule has 122 valence electrons.